The highest BCUT2D eigenvalue weighted by Gasteiger charge is 2.51. The number of anilines is 1. The van der Waals surface area contributed by atoms with Crippen molar-refractivity contribution >= 4 is 68.7 Å². The molecular weight excluding hydrogens is 651 g/mol. The number of nitrogens with zero attached hydrogens (tertiary/aromatic N) is 1. The number of hydrogen-bond acceptors (Lipinski definition) is 4. The summed E-state index contributed by atoms with van der Waals surface area (Å²) in [6.45, 7) is 0.147. The highest BCUT2D eigenvalue weighted by atomic mass is 79.9. The Kier molecular flexibility index (Phi) is 7.39. The second kappa shape index (κ2) is 11.1. The zero-order valence-electron chi connectivity index (χ0n) is 23.2. The van der Waals surface area contributed by atoms with Crippen LogP contribution in [0.15, 0.2) is 70.7 Å². The Morgan fingerprint density at radius 1 is 0.907 bits per heavy atom. The van der Waals surface area contributed by atoms with Gasteiger partial charge in [-0.15, -0.1) is 0 Å². The second-order valence-corrected chi connectivity index (χ2v) is 14.2. The summed E-state index contributed by atoms with van der Waals surface area (Å²) < 4.78 is 6.77. The predicted octanol–water partition coefficient (Wildman–Crippen LogP) is 8.47. The topological polar surface area (TPSA) is 75.7 Å². The summed E-state index contributed by atoms with van der Waals surface area (Å²) in [6, 6.07) is 17.5. The van der Waals surface area contributed by atoms with Gasteiger partial charge in [0.05, 0.1) is 5.69 Å². The first kappa shape index (κ1) is 28.6. The fourth-order valence-electron chi connectivity index (χ4n) is 8.03. The van der Waals surface area contributed by atoms with Gasteiger partial charge in [-0.1, -0.05) is 57.3 Å². The van der Waals surface area contributed by atoms with Gasteiger partial charge in [0.15, 0.2) is 0 Å². The third-order valence-corrected chi connectivity index (χ3v) is 10.6. The van der Waals surface area contributed by atoms with E-state index in [-0.39, 0.29) is 17.6 Å². The molecule has 0 unspecified atom stereocenters. The van der Waals surface area contributed by atoms with Gasteiger partial charge in [-0.25, -0.2) is 9.69 Å². The molecule has 1 aliphatic heterocycles. The fourth-order valence-corrected chi connectivity index (χ4v) is 8.88. The molecule has 5 fully saturated rings. The number of carbonyl (C=O) groups is 3. The van der Waals surface area contributed by atoms with E-state index in [1.807, 2.05) is 12.1 Å². The van der Waals surface area contributed by atoms with Gasteiger partial charge in [0.1, 0.15) is 17.9 Å². The molecule has 8 rings (SSSR count). The van der Waals surface area contributed by atoms with E-state index in [1.165, 1.54) is 50.2 Å². The molecule has 4 aliphatic carbocycles. The summed E-state index contributed by atoms with van der Waals surface area (Å²) in [6.07, 6.45) is 9.22. The van der Waals surface area contributed by atoms with Crippen molar-refractivity contribution in [2.24, 2.45) is 17.8 Å². The minimum Gasteiger partial charge on any atom is -0.488 e. The predicted molar refractivity (Wildman–Crippen MR) is 170 cm³/mol. The molecule has 1 saturated heterocycles. The largest absolute Gasteiger partial charge is 0.488 e. The van der Waals surface area contributed by atoms with Crippen molar-refractivity contribution in [1.82, 2.24) is 5.32 Å². The average molecular weight is 680 g/mol. The van der Waals surface area contributed by atoms with Crippen LogP contribution in [0.1, 0.15) is 55.2 Å². The summed E-state index contributed by atoms with van der Waals surface area (Å²) in [5.74, 6) is 1.43. The van der Waals surface area contributed by atoms with Crippen LogP contribution in [0.3, 0.4) is 0 Å². The van der Waals surface area contributed by atoms with Crippen LogP contribution in [0.4, 0.5) is 10.5 Å². The Labute approximate surface area is 268 Å². The minimum atomic E-state index is -0.766. The van der Waals surface area contributed by atoms with E-state index in [0.717, 1.165) is 32.7 Å². The summed E-state index contributed by atoms with van der Waals surface area (Å²) in [4.78, 5) is 40.6. The Morgan fingerprint density at radius 2 is 1.58 bits per heavy atom. The average Bonchev–Trinajstić information content (AvgIpc) is 2.95. The van der Waals surface area contributed by atoms with Crippen LogP contribution < -0.4 is 15.0 Å². The Balaban J connectivity index is 1.15. The van der Waals surface area contributed by atoms with Crippen molar-refractivity contribution in [3.05, 3.63) is 97.4 Å². The normalized spacial score (nSPS) is 27.1. The van der Waals surface area contributed by atoms with Crippen LogP contribution in [0, 0.1) is 17.8 Å². The SMILES string of the molecule is O=C1NC(=O)N(c2ccc(C34CC5CC(CC(C5)C3)C4)cc2)C(=O)/C1=C/c1cc(Br)ccc1OCc1ccc(Cl)cc1Cl. The first-order valence-corrected chi connectivity index (χ1v) is 16.1. The van der Waals surface area contributed by atoms with Gasteiger partial charge >= 0.3 is 6.03 Å². The van der Waals surface area contributed by atoms with E-state index in [1.54, 1.807) is 36.4 Å². The van der Waals surface area contributed by atoms with E-state index < -0.39 is 17.8 Å². The summed E-state index contributed by atoms with van der Waals surface area (Å²) >= 11 is 15.8. The third kappa shape index (κ3) is 5.41. The number of amides is 4. The highest BCUT2D eigenvalue weighted by molar-refractivity contribution is 9.10. The van der Waals surface area contributed by atoms with Crippen molar-refractivity contribution in [3.63, 3.8) is 0 Å². The van der Waals surface area contributed by atoms with Crippen LogP contribution in [0.2, 0.25) is 10.0 Å². The number of urea groups is 1. The zero-order valence-corrected chi connectivity index (χ0v) is 26.3. The van der Waals surface area contributed by atoms with Gasteiger partial charge in [0, 0.05) is 25.6 Å². The van der Waals surface area contributed by atoms with E-state index in [2.05, 4.69) is 33.4 Å². The number of halogens is 3. The molecule has 0 spiro atoms. The first-order chi connectivity index (χ1) is 20.7. The summed E-state index contributed by atoms with van der Waals surface area (Å²) in [7, 11) is 0. The Hall–Kier alpha value is -3.13. The van der Waals surface area contributed by atoms with Crippen LogP contribution in [-0.4, -0.2) is 17.8 Å². The number of benzene rings is 3. The molecule has 1 N–H and O–H groups in total. The van der Waals surface area contributed by atoms with Crippen LogP contribution in [0.25, 0.3) is 6.08 Å². The molecule has 5 aliphatic rings. The molecule has 9 heteroatoms. The maximum atomic E-state index is 13.7. The maximum absolute atomic E-state index is 13.7. The van der Waals surface area contributed by atoms with E-state index in [4.69, 9.17) is 27.9 Å². The van der Waals surface area contributed by atoms with Gasteiger partial charge in [0.25, 0.3) is 11.8 Å². The fraction of sp³-hybridized carbons (Fsp3) is 0.324. The molecule has 1 heterocycles. The molecule has 4 bridgehead atoms. The molecule has 4 saturated carbocycles. The minimum absolute atomic E-state index is 0.147. The van der Waals surface area contributed by atoms with Crippen LogP contribution >= 0.6 is 39.1 Å². The number of carbonyl (C=O) groups excluding carboxylic acids is 3. The molecule has 0 aromatic heterocycles. The number of ether oxygens (including phenoxy) is 1. The monoisotopic (exact) mass is 678 g/mol. The van der Waals surface area contributed by atoms with Crippen molar-refractivity contribution in [2.45, 2.75) is 50.5 Å². The van der Waals surface area contributed by atoms with Crippen LogP contribution in [-0.2, 0) is 21.6 Å². The van der Waals surface area contributed by atoms with E-state index in [9.17, 15) is 14.4 Å². The quantitative estimate of drug-likeness (QED) is 0.210. The van der Waals surface area contributed by atoms with Crippen molar-refractivity contribution in [2.75, 3.05) is 4.90 Å². The first-order valence-electron chi connectivity index (χ1n) is 14.6. The molecule has 3 aromatic carbocycles. The maximum Gasteiger partial charge on any atom is 0.335 e. The molecule has 6 nitrogen and oxygen atoms in total. The van der Waals surface area contributed by atoms with E-state index in [0.29, 0.717) is 27.0 Å². The lowest BCUT2D eigenvalue weighted by atomic mass is 9.48. The highest BCUT2D eigenvalue weighted by Crippen LogP contribution is 2.60. The van der Waals surface area contributed by atoms with Gasteiger partial charge in [-0.05, 0) is 116 Å². The Bertz CT molecular complexity index is 1650. The smallest absolute Gasteiger partial charge is 0.335 e. The molecule has 3 aromatic rings. The number of nitrogens with one attached hydrogen (secondary N) is 1. The van der Waals surface area contributed by atoms with Crippen LogP contribution in [0.5, 0.6) is 5.75 Å². The van der Waals surface area contributed by atoms with Crippen molar-refractivity contribution in [1.29, 1.82) is 0 Å². The van der Waals surface area contributed by atoms with Gasteiger partial charge in [-0.3, -0.25) is 14.9 Å². The van der Waals surface area contributed by atoms with Gasteiger partial charge in [-0.2, -0.15) is 0 Å². The summed E-state index contributed by atoms with van der Waals surface area (Å²) in [5, 5.41) is 3.32. The third-order valence-electron chi connectivity index (χ3n) is 9.55. The molecule has 0 radical (unpaired) electrons. The summed E-state index contributed by atoms with van der Waals surface area (Å²) in [5.41, 5.74) is 2.98. The number of imide groups is 2. The van der Waals surface area contributed by atoms with Gasteiger partial charge in [0.2, 0.25) is 0 Å². The number of rotatable bonds is 6. The Morgan fingerprint density at radius 3 is 2.23 bits per heavy atom. The second-order valence-electron chi connectivity index (χ2n) is 12.4. The van der Waals surface area contributed by atoms with Gasteiger partial charge < -0.3 is 4.74 Å². The zero-order chi connectivity index (χ0) is 29.9. The molecular formula is C34H29BrCl2N2O4. The number of barbiturate groups is 1. The molecule has 220 valence electrons. The molecule has 0 atom stereocenters. The molecule has 43 heavy (non-hydrogen) atoms. The lowest BCUT2D eigenvalue weighted by molar-refractivity contribution is -0.122. The van der Waals surface area contributed by atoms with Crippen molar-refractivity contribution in [3.8, 4) is 5.75 Å². The van der Waals surface area contributed by atoms with Crippen molar-refractivity contribution < 1.29 is 19.1 Å². The van der Waals surface area contributed by atoms with E-state index >= 15 is 0 Å². The molecule has 4 amide bonds. The lowest BCUT2D eigenvalue weighted by Crippen LogP contribution is -2.54. The number of hydrogen-bond donors (Lipinski definition) is 1. The standard InChI is InChI=1S/C34H29BrCl2N2O4/c35-25-4-8-30(43-18-22-1-5-26(36)14-29(22)37)23(12-25)13-28-31(40)38-33(42)39(32(28)41)27-6-2-24(3-7-27)34-15-19-9-20(16-34)11-21(10-19)17-34/h1-8,12-14,19-21H,9-11,15-18H2,(H,38,40,42)/b28-13+. The lowest BCUT2D eigenvalue weighted by Gasteiger charge is -2.57.